The largest absolute Gasteiger partial charge is 0.354 e. The summed E-state index contributed by atoms with van der Waals surface area (Å²) in [5, 5.41) is 5.86. The van der Waals surface area contributed by atoms with E-state index in [9.17, 15) is 9.59 Å². The molecule has 124 valence electrons. The average molecular weight is 333 g/mol. The molecular formula is C17H23N3O2S. The summed E-state index contributed by atoms with van der Waals surface area (Å²) in [6.07, 6.45) is 3.10. The maximum Gasteiger partial charge on any atom is 0.268 e. The number of Topliss-reactive ketones (excluding diaryl/α,β-unsaturated/α-hetero) is 1. The number of amides is 1. The van der Waals surface area contributed by atoms with Crippen LogP contribution in [0.3, 0.4) is 0 Å². The van der Waals surface area contributed by atoms with Crippen molar-refractivity contribution in [3.05, 3.63) is 39.1 Å². The quantitative estimate of drug-likeness (QED) is 0.793. The van der Waals surface area contributed by atoms with Crippen molar-refractivity contribution >= 4 is 23.0 Å². The van der Waals surface area contributed by atoms with Crippen LogP contribution in [-0.2, 0) is 12.0 Å². The molecule has 6 heteroatoms. The Morgan fingerprint density at radius 3 is 2.57 bits per heavy atom. The predicted molar refractivity (Wildman–Crippen MR) is 92.1 cm³/mol. The summed E-state index contributed by atoms with van der Waals surface area (Å²) in [4.78, 5) is 32.1. The van der Waals surface area contributed by atoms with E-state index in [0.717, 1.165) is 22.7 Å². The van der Waals surface area contributed by atoms with Crippen LogP contribution in [0.4, 0.5) is 0 Å². The number of aromatic nitrogens is 2. The van der Waals surface area contributed by atoms with Crippen LogP contribution in [0, 0.1) is 6.92 Å². The lowest BCUT2D eigenvalue weighted by Gasteiger charge is -2.27. The van der Waals surface area contributed by atoms with Crippen LogP contribution in [0.25, 0.3) is 0 Å². The number of hydrogen-bond acceptors (Lipinski definition) is 4. The molecule has 0 aromatic carbocycles. The van der Waals surface area contributed by atoms with Crippen molar-refractivity contribution in [2.45, 2.75) is 53.0 Å². The minimum absolute atomic E-state index is 0.0205. The number of hydrogen-bond donors (Lipinski definition) is 2. The molecular weight excluding hydrogens is 310 g/mol. The Morgan fingerprint density at radius 1 is 1.39 bits per heavy atom. The highest BCUT2D eigenvalue weighted by Crippen LogP contribution is 2.28. The second-order valence-corrected chi connectivity index (χ2v) is 6.76. The molecule has 5 nitrogen and oxygen atoms in total. The first-order valence-corrected chi connectivity index (χ1v) is 8.66. The van der Waals surface area contributed by atoms with E-state index < -0.39 is 5.54 Å². The molecule has 0 aliphatic carbocycles. The molecule has 2 N–H and O–H groups in total. The molecule has 0 fully saturated rings. The lowest BCUT2D eigenvalue weighted by Crippen LogP contribution is -2.43. The molecule has 0 bridgehead atoms. The zero-order valence-corrected chi connectivity index (χ0v) is 15.1. The molecule has 2 aromatic rings. The Hall–Kier alpha value is -1.95. The minimum atomic E-state index is -0.522. The number of nitrogens with zero attached hydrogens (tertiary/aromatic N) is 1. The van der Waals surface area contributed by atoms with E-state index in [1.807, 2.05) is 33.1 Å². The van der Waals surface area contributed by atoms with Crippen molar-refractivity contribution < 1.29 is 9.59 Å². The molecule has 0 radical (unpaired) electrons. The number of aryl methyl sites for hydroxylation is 1. The zero-order chi connectivity index (χ0) is 17.2. The molecule has 1 unspecified atom stereocenters. The van der Waals surface area contributed by atoms with Crippen molar-refractivity contribution in [3.8, 4) is 0 Å². The molecule has 2 heterocycles. The lowest BCUT2D eigenvalue weighted by molar-refractivity contribution is 0.0896. The summed E-state index contributed by atoms with van der Waals surface area (Å²) in [6.45, 7) is 9.29. The van der Waals surface area contributed by atoms with Crippen LogP contribution in [-0.4, -0.2) is 21.7 Å². The topological polar surface area (TPSA) is 74.8 Å². The van der Waals surface area contributed by atoms with Crippen LogP contribution in [0.1, 0.15) is 71.2 Å². The van der Waals surface area contributed by atoms with Gasteiger partial charge < -0.3 is 10.3 Å². The van der Waals surface area contributed by atoms with Crippen LogP contribution >= 0.6 is 11.3 Å². The average Bonchev–Trinajstić information content (AvgIpc) is 3.14. The number of rotatable bonds is 6. The smallest absolute Gasteiger partial charge is 0.268 e. The molecule has 2 aromatic heterocycles. The number of carbonyl (C=O) groups is 2. The second-order valence-electron chi connectivity index (χ2n) is 5.87. The molecule has 0 saturated heterocycles. The van der Waals surface area contributed by atoms with Gasteiger partial charge in [-0.15, -0.1) is 11.3 Å². The second kappa shape index (κ2) is 6.66. The van der Waals surface area contributed by atoms with Gasteiger partial charge in [0.15, 0.2) is 5.78 Å². The third-order valence-electron chi connectivity index (χ3n) is 4.22. The number of carbonyl (C=O) groups excluding carboxylic acids is 2. The highest BCUT2D eigenvalue weighted by molar-refractivity contribution is 7.09. The summed E-state index contributed by atoms with van der Waals surface area (Å²) in [6, 6.07) is 0. The molecule has 0 spiro atoms. The van der Waals surface area contributed by atoms with Gasteiger partial charge in [-0.05, 0) is 39.2 Å². The Morgan fingerprint density at radius 2 is 2.09 bits per heavy atom. The molecule has 2 rings (SSSR count). The molecule has 1 amide bonds. The van der Waals surface area contributed by atoms with Crippen LogP contribution in [0.5, 0.6) is 0 Å². The highest BCUT2D eigenvalue weighted by atomic mass is 32.1. The Balaban J connectivity index is 2.38. The summed E-state index contributed by atoms with van der Waals surface area (Å²) in [7, 11) is 0. The van der Waals surface area contributed by atoms with E-state index in [4.69, 9.17) is 0 Å². The molecule has 1 atom stereocenters. The molecule has 0 saturated carbocycles. The monoisotopic (exact) mass is 333 g/mol. The fraction of sp³-hybridized carbons (Fsp3) is 0.471. The molecule has 0 aliphatic heterocycles. The lowest BCUT2D eigenvalue weighted by atomic mass is 9.98. The maximum atomic E-state index is 12.8. The van der Waals surface area contributed by atoms with E-state index in [1.54, 1.807) is 6.20 Å². The maximum absolute atomic E-state index is 12.8. The first-order chi connectivity index (χ1) is 10.8. The van der Waals surface area contributed by atoms with Gasteiger partial charge in [0.1, 0.15) is 10.7 Å². The Kier molecular flexibility index (Phi) is 5.04. The molecule has 0 aliphatic rings. The number of ketones is 1. The predicted octanol–water partition coefficient (Wildman–Crippen LogP) is 3.60. The van der Waals surface area contributed by atoms with E-state index in [1.165, 1.54) is 18.3 Å². The van der Waals surface area contributed by atoms with E-state index in [-0.39, 0.29) is 11.7 Å². The molecule has 23 heavy (non-hydrogen) atoms. The van der Waals surface area contributed by atoms with Gasteiger partial charge in [0.25, 0.3) is 5.91 Å². The van der Waals surface area contributed by atoms with E-state index >= 15 is 0 Å². The summed E-state index contributed by atoms with van der Waals surface area (Å²) in [5.41, 5.74) is 2.11. The van der Waals surface area contributed by atoms with Gasteiger partial charge in [-0.1, -0.05) is 13.8 Å². The first kappa shape index (κ1) is 17.4. The normalized spacial score (nSPS) is 13.6. The number of nitrogens with one attached hydrogen (secondary N) is 2. The fourth-order valence-corrected chi connectivity index (χ4v) is 3.63. The van der Waals surface area contributed by atoms with Crippen molar-refractivity contribution in [1.29, 1.82) is 0 Å². The van der Waals surface area contributed by atoms with Crippen LogP contribution in [0.2, 0.25) is 0 Å². The van der Waals surface area contributed by atoms with Crippen molar-refractivity contribution in [2.24, 2.45) is 0 Å². The van der Waals surface area contributed by atoms with Gasteiger partial charge in [0.2, 0.25) is 0 Å². The number of H-pyrrole nitrogens is 1. The van der Waals surface area contributed by atoms with Crippen molar-refractivity contribution in [1.82, 2.24) is 15.3 Å². The van der Waals surface area contributed by atoms with Gasteiger partial charge in [0, 0.05) is 22.8 Å². The summed E-state index contributed by atoms with van der Waals surface area (Å²) < 4.78 is 0. The van der Waals surface area contributed by atoms with Crippen LogP contribution in [0.15, 0.2) is 11.6 Å². The van der Waals surface area contributed by atoms with Crippen LogP contribution < -0.4 is 5.32 Å². The zero-order valence-electron chi connectivity index (χ0n) is 14.2. The van der Waals surface area contributed by atoms with Gasteiger partial charge in [-0.3, -0.25) is 9.59 Å². The van der Waals surface area contributed by atoms with Crippen molar-refractivity contribution in [2.75, 3.05) is 0 Å². The minimum Gasteiger partial charge on any atom is -0.354 e. The Labute approximate surface area is 140 Å². The third kappa shape index (κ3) is 3.22. The van der Waals surface area contributed by atoms with Gasteiger partial charge in [0.05, 0.1) is 5.54 Å². The van der Waals surface area contributed by atoms with Gasteiger partial charge >= 0.3 is 0 Å². The highest BCUT2D eigenvalue weighted by Gasteiger charge is 2.31. The number of aromatic amines is 1. The SMILES string of the molecule is CCc1c(C(=O)NC(C)(CC)c2nccs2)[nH]c(C)c1C(C)=O. The number of thiazole rings is 1. The standard InChI is InChI=1S/C17H23N3O2S/c1-6-12-13(11(4)21)10(3)19-14(12)15(22)20-17(5,7-2)16-18-8-9-23-16/h8-9,19H,6-7H2,1-5H3,(H,20,22). The summed E-state index contributed by atoms with van der Waals surface area (Å²) >= 11 is 1.52. The van der Waals surface area contributed by atoms with Crippen molar-refractivity contribution in [3.63, 3.8) is 0 Å². The van der Waals surface area contributed by atoms with Gasteiger partial charge in [-0.2, -0.15) is 0 Å². The van der Waals surface area contributed by atoms with E-state index in [2.05, 4.69) is 15.3 Å². The third-order valence-corrected chi connectivity index (χ3v) is 5.26. The first-order valence-electron chi connectivity index (χ1n) is 7.78. The Bertz CT molecular complexity index is 719. The summed E-state index contributed by atoms with van der Waals surface area (Å²) in [5.74, 6) is -0.218. The van der Waals surface area contributed by atoms with E-state index in [0.29, 0.717) is 17.7 Å². The van der Waals surface area contributed by atoms with Gasteiger partial charge in [-0.25, -0.2) is 4.98 Å². The fourth-order valence-electron chi connectivity index (χ4n) is 2.80.